The number of carbonyl (C=O) groups is 2. The number of ether oxygens (including phenoxy) is 1. The van der Waals surface area contributed by atoms with E-state index in [9.17, 15) is 18.0 Å². The van der Waals surface area contributed by atoms with Crippen LogP contribution in [-0.4, -0.2) is 32.5 Å². The highest BCUT2D eigenvalue weighted by Gasteiger charge is 2.74. The van der Waals surface area contributed by atoms with Crippen LogP contribution in [0.1, 0.15) is 15.9 Å². The molecule has 142 valence electrons. The summed E-state index contributed by atoms with van der Waals surface area (Å²) in [5.74, 6) is -2.94. The molecule has 2 aromatic rings. The molecule has 1 unspecified atom stereocenters. The Hall–Kier alpha value is -2.32. The van der Waals surface area contributed by atoms with Crippen LogP contribution >= 0.6 is 11.6 Å². The lowest BCUT2D eigenvalue weighted by molar-refractivity contribution is -0.161. The van der Waals surface area contributed by atoms with E-state index in [0.717, 1.165) is 19.2 Å². The Labute approximate surface area is 158 Å². The monoisotopic (exact) mass is 414 g/mol. The van der Waals surface area contributed by atoms with E-state index in [1.807, 2.05) is 0 Å². The smallest absolute Gasteiger partial charge is 0.373 e. The van der Waals surface area contributed by atoms with E-state index in [1.165, 1.54) is 36.4 Å². The molecule has 1 atom stereocenters. The largest absolute Gasteiger partial charge is 0.468 e. The van der Waals surface area contributed by atoms with Crippen LogP contribution in [0.2, 0.25) is 5.02 Å². The van der Waals surface area contributed by atoms with Gasteiger partial charge in [-0.1, -0.05) is 29.8 Å². The second-order valence-electron chi connectivity index (χ2n) is 6.04. The summed E-state index contributed by atoms with van der Waals surface area (Å²) >= 11 is 5.84. The topological polar surface area (TPSA) is 77.5 Å². The molecule has 0 saturated carbocycles. The summed E-state index contributed by atoms with van der Waals surface area (Å²) < 4.78 is 60.8. The van der Waals surface area contributed by atoms with Gasteiger partial charge in [-0.2, -0.15) is 8.78 Å². The van der Waals surface area contributed by atoms with Crippen LogP contribution in [0.3, 0.4) is 0 Å². The van der Waals surface area contributed by atoms with Crippen molar-refractivity contribution in [2.45, 2.75) is 16.6 Å². The summed E-state index contributed by atoms with van der Waals surface area (Å²) in [6.45, 7) is 0. The first kappa shape index (κ1) is 19.4. The van der Waals surface area contributed by atoms with Gasteiger partial charge in [0.1, 0.15) is 0 Å². The Morgan fingerprint density at radius 3 is 2.41 bits per heavy atom. The van der Waals surface area contributed by atoms with Gasteiger partial charge >= 0.3 is 11.2 Å². The summed E-state index contributed by atoms with van der Waals surface area (Å²) in [6.07, 6.45) is -0.840. The third-order valence-electron chi connectivity index (χ3n) is 4.58. The zero-order valence-electron chi connectivity index (χ0n) is 13.9. The number of Topliss-reactive ketones (excluding diaryl/α,β-unsaturated/α-hetero) is 1. The van der Waals surface area contributed by atoms with Crippen molar-refractivity contribution < 1.29 is 31.5 Å². The number of benzene rings is 2. The van der Waals surface area contributed by atoms with Gasteiger partial charge in [0.2, 0.25) is 15.3 Å². The predicted molar refractivity (Wildman–Crippen MR) is 92.5 cm³/mol. The zero-order valence-corrected chi connectivity index (χ0v) is 15.5. The molecule has 0 spiro atoms. The molecule has 0 aromatic heterocycles. The van der Waals surface area contributed by atoms with Gasteiger partial charge in [0.15, 0.2) is 5.78 Å². The van der Waals surface area contributed by atoms with Gasteiger partial charge in [0, 0.05) is 17.0 Å². The van der Waals surface area contributed by atoms with Crippen LogP contribution in [0.25, 0.3) is 0 Å². The summed E-state index contributed by atoms with van der Waals surface area (Å²) in [5.41, 5.74) is -3.36. The normalized spacial score (nSPS) is 19.6. The van der Waals surface area contributed by atoms with Gasteiger partial charge in [0.05, 0.1) is 12.0 Å². The second-order valence-corrected chi connectivity index (χ2v) is 8.46. The van der Waals surface area contributed by atoms with Gasteiger partial charge in [0.25, 0.3) is 0 Å². The summed E-state index contributed by atoms with van der Waals surface area (Å²) in [5, 5.41) is -4.59. The van der Waals surface area contributed by atoms with Crippen molar-refractivity contribution in [1.82, 2.24) is 0 Å². The average molecular weight is 415 g/mol. The lowest BCUT2D eigenvalue weighted by Gasteiger charge is -2.32. The van der Waals surface area contributed by atoms with E-state index < -0.39 is 43.6 Å². The molecule has 0 aliphatic heterocycles. The van der Waals surface area contributed by atoms with E-state index in [0.29, 0.717) is 0 Å². The van der Waals surface area contributed by atoms with Crippen LogP contribution in [0.5, 0.6) is 0 Å². The molecule has 27 heavy (non-hydrogen) atoms. The first-order valence-electron chi connectivity index (χ1n) is 7.68. The summed E-state index contributed by atoms with van der Waals surface area (Å²) in [4.78, 5) is 24.6. The number of fused-ring (bicyclic) bond motifs is 1. The fourth-order valence-corrected chi connectivity index (χ4v) is 4.91. The quantitative estimate of drug-likeness (QED) is 0.566. The number of hydrogen-bond donors (Lipinski definition) is 0. The third-order valence-corrected chi connectivity index (χ3v) is 6.73. The van der Waals surface area contributed by atoms with Crippen molar-refractivity contribution in [3.05, 3.63) is 64.7 Å². The predicted octanol–water partition coefficient (Wildman–Crippen LogP) is 3.30. The van der Waals surface area contributed by atoms with E-state index >= 15 is 8.78 Å². The van der Waals surface area contributed by atoms with Gasteiger partial charge in [-0.25, -0.2) is 8.42 Å². The molecule has 9 heteroatoms. The van der Waals surface area contributed by atoms with Gasteiger partial charge in [-0.3, -0.25) is 9.59 Å². The number of rotatable bonds is 4. The molecule has 3 rings (SSSR count). The van der Waals surface area contributed by atoms with Crippen LogP contribution in [0.15, 0.2) is 53.4 Å². The number of ketones is 1. The average Bonchev–Trinajstić information content (AvgIpc) is 2.94. The highest BCUT2D eigenvalue weighted by Crippen LogP contribution is 2.53. The Balaban J connectivity index is 2.26. The van der Waals surface area contributed by atoms with Crippen LogP contribution in [0, 0.1) is 5.41 Å². The highest BCUT2D eigenvalue weighted by atomic mass is 35.5. The summed E-state index contributed by atoms with van der Waals surface area (Å²) in [7, 11) is -4.57. The molecule has 0 saturated heterocycles. The third kappa shape index (κ3) is 2.58. The molecular weight excluding hydrogens is 402 g/mol. The Bertz CT molecular complexity index is 1040. The molecule has 0 bridgehead atoms. The molecule has 2 aromatic carbocycles. The van der Waals surface area contributed by atoms with Crippen molar-refractivity contribution in [3.63, 3.8) is 0 Å². The Morgan fingerprint density at radius 2 is 1.81 bits per heavy atom. The lowest BCUT2D eigenvalue weighted by atomic mass is 9.83. The minimum Gasteiger partial charge on any atom is -0.468 e. The maximum Gasteiger partial charge on any atom is 0.373 e. The number of esters is 1. The first-order chi connectivity index (χ1) is 12.6. The van der Waals surface area contributed by atoms with E-state index in [4.69, 9.17) is 11.6 Å². The Morgan fingerprint density at radius 1 is 1.19 bits per heavy atom. The molecule has 0 N–H and O–H groups in total. The fraction of sp³-hybridized carbons (Fsp3) is 0.222. The molecule has 0 amide bonds. The zero-order chi connectivity index (χ0) is 20.0. The van der Waals surface area contributed by atoms with Crippen molar-refractivity contribution in [1.29, 1.82) is 0 Å². The van der Waals surface area contributed by atoms with Crippen molar-refractivity contribution in [3.8, 4) is 0 Å². The van der Waals surface area contributed by atoms with E-state index in [1.54, 1.807) is 0 Å². The van der Waals surface area contributed by atoms with Crippen molar-refractivity contribution in [2.75, 3.05) is 7.11 Å². The van der Waals surface area contributed by atoms with Gasteiger partial charge < -0.3 is 4.74 Å². The van der Waals surface area contributed by atoms with Gasteiger partial charge in [-0.15, -0.1) is 0 Å². The second kappa shape index (κ2) is 6.38. The molecule has 1 aliphatic carbocycles. The number of alkyl halides is 2. The Kier molecular flexibility index (Phi) is 4.60. The SMILES string of the molecule is COC(=O)C1(C(F)(F)S(=O)(=O)c2ccccc2)Cc2cc(Cl)ccc2C1=O. The number of hydrogen-bond acceptors (Lipinski definition) is 5. The fourth-order valence-electron chi connectivity index (χ4n) is 3.20. The van der Waals surface area contributed by atoms with Crippen molar-refractivity contribution >= 4 is 33.2 Å². The molecular formula is C18H13ClF2O5S. The molecule has 5 nitrogen and oxygen atoms in total. The van der Waals surface area contributed by atoms with E-state index in [-0.39, 0.29) is 16.1 Å². The van der Waals surface area contributed by atoms with Crippen LogP contribution < -0.4 is 0 Å². The number of sulfone groups is 1. The van der Waals surface area contributed by atoms with Crippen LogP contribution in [-0.2, 0) is 25.8 Å². The molecule has 0 heterocycles. The number of methoxy groups -OCH3 is 1. The molecule has 0 fully saturated rings. The van der Waals surface area contributed by atoms with Crippen molar-refractivity contribution in [2.24, 2.45) is 5.41 Å². The maximum atomic E-state index is 15.5. The maximum absolute atomic E-state index is 15.5. The molecule has 1 aliphatic rings. The van der Waals surface area contributed by atoms with E-state index in [2.05, 4.69) is 4.74 Å². The van der Waals surface area contributed by atoms with Gasteiger partial charge in [-0.05, 0) is 35.9 Å². The highest BCUT2D eigenvalue weighted by molar-refractivity contribution is 7.92. The number of halogens is 3. The molecule has 0 radical (unpaired) electrons. The summed E-state index contributed by atoms with van der Waals surface area (Å²) in [6, 6.07) is 9.66. The standard InChI is InChI=1S/C18H13ClF2O5S/c1-26-16(23)17(10-11-9-12(19)7-8-14(11)15(17)22)18(20,21)27(24,25)13-5-3-2-4-6-13/h2-9H,10H2,1H3. The van der Waals surface area contributed by atoms with Crippen LogP contribution in [0.4, 0.5) is 8.78 Å². The number of carbonyl (C=O) groups excluding carboxylic acids is 2. The lowest BCUT2D eigenvalue weighted by Crippen LogP contribution is -2.56. The first-order valence-corrected chi connectivity index (χ1v) is 9.55. The minimum atomic E-state index is -5.38. The minimum absolute atomic E-state index is 0.0563.